The molecule has 0 radical (unpaired) electrons. The normalized spacial score (nSPS) is 19.2. The zero-order valence-corrected chi connectivity index (χ0v) is 13.7. The fraction of sp³-hybridized carbons (Fsp3) is 0.643. The van der Waals surface area contributed by atoms with E-state index in [0.29, 0.717) is 0 Å². The van der Waals surface area contributed by atoms with Gasteiger partial charge in [-0.25, -0.2) is 0 Å². The van der Waals surface area contributed by atoms with Crippen LogP contribution in [-0.4, -0.2) is 56.0 Å². The number of carbonyl (C=O) groups excluding carboxylic acids is 5. The van der Waals surface area contributed by atoms with Crippen LogP contribution in [0.5, 0.6) is 0 Å². The lowest BCUT2D eigenvalue weighted by Gasteiger charge is -2.27. The molecule has 10 nitrogen and oxygen atoms in total. The van der Waals surface area contributed by atoms with E-state index in [9.17, 15) is 24.0 Å². The molecule has 134 valence electrons. The second kappa shape index (κ2) is 8.27. The van der Waals surface area contributed by atoms with Gasteiger partial charge in [-0.15, -0.1) is 0 Å². The highest BCUT2D eigenvalue weighted by molar-refractivity contribution is 5.97. The molecule has 4 N–H and O–H groups in total. The highest BCUT2D eigenvalue weighted by Crippen LogP contribution is 2.20. The van der Waals surface area contributed by atoms with Crippen LogP contribution in [0.25, 0.3) is 0 Å². The summed E-state index contributed by atoms with van der Waals surface area (Å²) >= 11 is 0. The molecule has 1 heterocycles. The van der Waals surface area contributed by atoms with Crippen LogP contribution >= 0.6 is 0 Å². The first-order chi connectivity index (χ1) is 11.2. The van der Waals surface area contributed by atoms with Gasteiger partial charge in [-0.3, -0.25) is 24.0 Å². The number of amides is 3. The van der Waals surface area contributed by atoms with E-state index in [4.69, 9.17) is 5.73 Å². The van der Waals surface area contributed by atoms with Crippen LogP contribution in [0.4, 0.5) is 0 Å². The van der Waals surface area contributed by atoms with Crippen LogP contribution in [0, 0.1) is 11.8 Å². The fourth-order valence-corrected chi connectivity index (χ4v) is 2.50. The van der Waals surface area contributed by atoms with Crippen molar-refractivity contribution < 1.29 is 33.4 Å². The van der Waals surface area contributed by atoms with Gasteiger partial charge in [-0.1, -0.05) is 6.92 Å². The van der Waals surface area contributed by atoms with Crippen molar-refractivity contribution in [3.8, 4) is 0 Å². The highest BCUT2D eigenvalue weighted by atomic mass is 16.5. The Morgan fingerprint density at radius 1 is 1.21 bits per heavy atom. The van der Waals surface area contributed by atoms with Gasteiger partial charge in [-0.2, -0.15) is 0 Å². The molecule has 24 heavy (non-hydrogen) atoms. The molecule has 0 aromatic carbocycles. The van der Waals surface area contributed by atoms with E-state index in [1.54, 1.807) is 0 Å². The van der Waals surface area contributed by atoms with Gasteiger partial charge in [0.15, 0.2) is 5.92 Å². The van der Waals surface area contributed by atoms with Gasteiger partial charge in [0.1, 0.15) is 12.1 Å². The van der Waals surface area contributed by atoms with Crippen molar-refractivity contribution >= 4 is 29.7 Å². The minimum atomic E-state index is -1.43. The molecule has 0 bridgehead atoms. The Morgan fingerprint density at radius 2 is 1.75 bits per heavy atom. The quantitative estimate of drug-likeness (QED) is 0.351. The van der Waals surface area contributed by atoms with Gasteiger partial charge in [0, 0.05) is 12.3 Å². The second-order valence-corrected chi connectivity index (χ2v) is 5.43. The van der Waals surface area contributed by atoms with Crippen molar-refractivity contribution in [1.29, 1.82) is 0 Å². The van der Waals surface area contributed by atoms with Crippen LogP contribution in [0.3, 0.4) is 0 Å². The Balaban J connectivity index is 2.94. The predicted octanol–water partition coefficient (Wildman–Crippen LogP) is -2.17. The van der Waals surface area contributed by atoms with Gasteiger partial charge < -0.3 is 25.8 Å². The maximum Gasteiger partial charge on any atom is 0.320 e. The summed E-state index contributed by atoms with van der Waals surface area (Å²) in [6.45, 7) is 1.39. The van der Waals surface area contributed by atoms with Crippen molar-refractivity contribution in [2.24, 2.45) is 17.6 Å². The van der Waals surface area contributed by atoms with E-state index in [1.807, 2.05) is 0 Å². The van der Waals surface area contributed by atoms with Gasteiger partial charge >= 0.3 is 11.9 Å². The van der Waals surface area contributed by atoms with Crippen molar-refractivity contribution in [2.75, 3.05) is 14.2 Å². The molecular formula is C14H21N3O7. The Bertz CT molecular complexity index is 532. The van der Waals surface area contributed by atoms with Crippen molar-refractivity contribution in [3.63, 3.8) is 0 Å². The zero-order valence-electron chi connectivity index (χ0n) is 13.7. The third-order valence-corrected chi connectivity index (χ3v) is 3.88. The molecule has 3 atom stereocenters. The number of primary amides is 1. The zero-order chi connectivity index (χ0) is 18.4. The van der Waals surface area contributed by atoms with E-state index < -0.39 is 47.7 Å². The standard InChI is InChI=1S/C14H21N3O7/c1-6(9(13(21)23-2)14(22)24-3)10(11(15)19)17-12(20)7-4-5-8(18)16-7/h6-7,9-10H,4-5H2,1-3H3,(H2,15,19)(H,16,18)(H,17,20)/t6-,7+,10-/m0/s1. The second-order valence-electron chi connectivity index (χ2n) is 5.43. The number of nitrogens with one attached hydrogen (secondary N) is 2. The third-order valence-electron chi connectivity index (χ3n) is 3.88. The van der Waals surface area contributed by atoms with Crippen LogP contribution in [0.2, 0.25) is 0 Å². The molecule has 0 spiro atoms. The molecule has 0 saturated carbocycles. The van der Waals surface area contributed by atoms with Crippen molar-refractivity contribution in [2.45, 2.75) is 31.8 Å². The summed E-state index contributed by atoms with van der Waals surface area (Å²) < 4.78 is 9.09. The lowest BCUT2D eigenvalue weighted by atomic mass is 9.86. The van der Waals surface area contributed by atoms with Gasteiger partial charge in [0.05, 0.1) is 14.2 Å². The number of hydrogen-bond donors (Lipinski definition) is 3. The summed E-state index contributed by atoms with van der Waals surface area (Å²) in [6, 6.07) is -2.11. The molecule has 3 amide bonds. The monoisotopic (exact) mass is 343 g/mol. The summed E-state index contributed by atoms with van der Waals surface area (Å²) in [5.74, 6) is -6.10. The molecule has 1 rings (SSSR count). The van der Waals surface area contributed by atoms with Gasteiger partial charge in [0.2, 0.25) is 17.7 Å². The molecule has 0 unspecified atom stereocenters. The Labute approximate surface area is 138 Å². The lowest BCUT2D eigenvalue weighted by Crippen LogP contribution is -2.56. The lowest BCUT2D eigenvalue weighted by molar-refractivity contribution is -0.162. The molecule has 1 fully saturated rings. The summed E-state index contributed by atoms with van der Waals surface area (Å²) in [4.78, 5) is 58.7. The Kier molecular flexibility index (Phi) is 6.69. The number of nitrogens with two attached hydrogens (primary N) is 1. The number of rotatable bonds is 7. The van der Waals surface area contributed by atoms with Gasteiger partial charge in [0.25, 0.3) is 0 Å². The van der Waals surface area contributed by atoms with Crippen LogP contribution in [0.15, 0.2) is 0 Å². The number of methoxy groups -OCH3 is 2. The Hall–Kier alpha value is -2.65. The first-order valence-corrected chi connectivity index (χ1v) is 7.27. The predicted molar refractivity (Wildman–Crippen MR) is 79.0 cm³/mol. The molecule has 1 saturated heterocycles. The van der Waals surface area contributed by atoms with E-state index in [2.05, 4.69) is 20.1 Å². The maximum atomic E-state index is 12.1. The van der Waals surface area contributed by atoms with Crippen molar-refractivity contribution in [1.82, 2.24) is 10.6 Å². The summed E-state index contributed by atoms with van der Waals surface area (Å²) in [5, 5.41) is 4.82. The smallest absolute Gasteiger partial charge is 0.320 e. The number of carbonyl (C=O) groups is 5. The van der Waals surface area contributed by atoms with E-state index in [-0.39, 0.29) is 18.7 Å². The average molecular weight is 343 g/mol. The summed E-state index contributed by atoms with van der Waals surface area (Å²) in [6.07, 6.45) is 0.476. The molecule has 1 aliphatic rings. The third kappa shape index (κ3) is 4.43. The summed E-state index contributed by atoms with van der Waals surface area (Å²) in [5.41, 5.74) is 5.29. The van der Waals surface area contributed by atoms with E-state index >= 15 is 0 Å². The molecule has 0 aliphatic carbocycles. The Morgan fingerprint density at radius 3 is 2.12 bits per heavy atom. The fourth-order valence-electron chi connectivity index (χ4n) is 2.50. The highest BCUT2D eigenvalue weighted by Gasteiger charge is 2.42. The van der Waals surface area contributed by atoms with Crippen LogP contribution in [-0.2, 0) is 33.4 Å². The minimum absolute atomic E-state index is 0.196. The van der Waals surface area contributed by atoms with Gasteiger partial charge in [-0.05, 0) is 6.42 Å². The number of ether oxygens (including phenoxy) is 2. The number of hydrogen-bond acceptors (Lipinski definition) is 7. The molecular weight excluding hydrogens is 322 g/mol. The molecule has 10 heteroatoms. The van der Waals surface area contributed by atoms with Crippen LogP contribution in [0.1, 0.15) is 19.8 Å². The molecule has 0 aromatic rings. The van der Waals surface area contributed by atoms with Crippen molar-refractivity contribution in [3.05, 3.63) is 0 Å². The number of esters is 2. The first-order valence-electron chi connectivity index (χ1n) is 7.27. The minimum Gasteiger partial charge on any atom is -0.468 e. The topological polar surface area (TPSA) is 154 Å². The average Bonchev–Trinajstić information content (AvgIpc) is 2.98. The molecule has 1 aliphatic heterocycles. The maximum absolute atomic E-state index is 12.1. The van der Waals surface area contributed by atoms with E-state index in [0.717, 1.165) is 14.2 Å². The summed E-state index contributed by atoms with van der Waals surface area (Å²) in [7, 11) is 2.16. The first kappa shape index (κ1) is 19.4. The van der Waals surface area contributed by atoms with E-state index in [1.165, 1.54) is 6.92 Å². The largest absolute Gasteiger partial charge is 0.468 e. The molecule has 0 aromatic heterocycles. The SMILES string of the molecule is COC(=O)C(C(=O)OC)[C@H](C)[C@H](NC(=O)[C@H]1CCC(=O)N1)C(N)=O. The van der Waals surface area contributed by atoms with Crippen LogP contribution < -0.4 is 16.4 Å².